The second kappa shape index (κ2) is 7.37. The highest BCUT2D eigenvalue weighted by molar-refractivity contribution is 7.92. The molecule has 3 rings (SSSR count). The molecule has 1 aliphatic heterocycles. The largest absolute Gasteiger partial charge is 0.486 e. The zero-order valence-corrected chi connectivity index (χ0v) is 15.5. The summed E-state index contributed by atoms with van der Waals surface area (Å²) < 4.78 is 38.4. The van der Waals surface area contributed by atoms with Crippen LogP contribution in [0.25, 0.3) is 0 Å². The Morgan fingerprint density at radius 1 is 1.19 bits per heavy atom. The number of anilines is 1. The number of esters is 1. The van der Waals surface area contributed by atoms with Crippen molar-refractivity contribution in [1.82, 2.24) is 0 Å². The second-order valence-corrected chi connectivity index (χ2v) is 7.93. The summed E-state index contributed by atoms with van der Waals surface area (Å²) in [6.07, 6.45) is -0.619. The third kappa shape index (κ3) is 3.67. The molecule has 0 saturated heterocycles. The Balaban J connectivity index is 1.96. The lowest BCUT2D eigenvalue weighted by atomic mass is 10.2. The average Bonchev–Trinajstić information content (AvgIpc) is 2.61. The number of para-hydroxylation sites is 2. The van der Waals surface area contributed by atoms with Crippen LogP contribution in [0, 0.1) is 6.92 Å². The van der Waals surface area contributed by atoms with Gasteiger partial charge >= 0.3 is 5.97 Å². The first-order chi connectivity index (χ1) is 12.4. The number of nitrogens with zero attached hydrogens (tertiary/aromatic N) is 1. The predicted molar refractivity (Wildman–Crippen MR) is 97.8 cm³/mol. The Labute approximate surface area is 153 Å². The van der Waals surface area contributed by atoms with Gasteiger partial charge in [0, 0.05) is 0 Å². The first-order valence-corrected chi connectivity index (χ1v) is 9.86. The highest BCUT2D eigenvalue weighted by atomic mass is 32.2. The Morgan fingerprint density at radius 3 is 2.58 bits per heavy atom. The molecule has 1 unspecified atom stereocenters. The molecule has 0 amide bonds. The SMILES string of the molecule is CCOC(=O)CC1CN(S(=O)(=O)c2ccc(C)cc2)c2ccccc2O1. The minimum absolute atomic E-state index is 0.0118. The molecule has 0 aliphatic carbocycles. The maximum atomic E-state index is 13.2. The van der Waals surface area contributed by atoms with E-state index in [9.17, 15) is 13.2 Å². The summed E-state index contributed by atoms with van der Waals surface area (Å²) in [5.41, 5.74) is 1.44. The lowest BCUT2D eigenvalue weighted by molar-refractivity contribution is -0.144. The predicted octanol–water partition coefficient (Wildman–Crippen LogP) is 2.90. The monoisotopic (exact) mass is 375 g/mol. The molecule has 0 saturated carbocycles. The molecule has 1 atom stereocenters. The van der Waals surface area contributed by atoms with Crippen molar-refractivity contribution in [3.63, 3.8) is 0 Å². The van der Waals surface area contributed by atoms with Gasteiger partial charge in [0.15, 0.2) is 0 Å². The number of benzene rings is 2. The molecule has 0 radical (unpaired) electrons. The lowest BCUT2D eigenvalue weighted by Crippen LogP contribution is -2.44. The fourth-order valence-electron chi connectivity index (χ4n) is 2.84. The zero-order valence-electron chi connectivity index (χ0n) is 14.7. The number of hydrogen-bond acceptors (Lipinski definition) is 5. The van der Waals surface area contributed by atoms with Gasteiger partial charge in [0.2, 0.25) is 0 Å². The number of carbonyl (C=O) groups excluding carboxylic acids is 1. The third-order valence-electron chi connectivity index (χ3n) is 4.11. The van der Waals surface area contributed by atoms with Crippen LogP contribution in [0.4, 0.5) is 5.69 Å². The number of carbonyl (C=O) groups is 1. The van der Waals surface area contributed by atoms with E-state index >= 15 is 0 Å². The number of rotatable bonds is 5. The van der Waals surface area contributed by atoms with Crippen LogP contribution < -0.4 is 9.04 Å². The molecule has 26 heavy (non-hydrogen) atoms. The van der Waals surface area contributed by atoms with E-state index in [1.165, 1.54) is 4.31 Å². The van der Waals surface area contributed by atoms with Crippen LogP contribution in [0.2, 0.25) is 0 Å². The summed E-state index contributed by atoms with van der Waals surface area (Å²) in [6, 6.07) is 13.6. The van der Waals surface area contributed by atoms with Crippen molar-refractivity contribution in [2.75, 3.05) is 17.5 Å². The van der Waals surface area contributed by atoms with Gasteiger partial charge in [-0.05, 0) is 38.1 Å². The Bertz CT molecular complexity index is 892. The van der Waals surface area contributed by atoms with Crippen LogP contribution >= 0.6 is 0 Å². The van der Waals surface area contributed by atoms with Gasteiger partial charge in [-0.2, -0.15) is 0 Å². The van der Waals surface area contributed by atoms with E-state index in [0.717, 1.165) is 5.56 Å². The summed E-state index contributed by atoms with van der Waals surface area (Å²) in [5.74, 6) is 0.0216. The molecule has 6 nitrogen and oxygen atoms in total. The van der Waals surface area contributed by atoms with Crippen LogP contribution in [0.5, 0.6) is 5.75 Å². The molecule has 0 spiro atoms. The van der Waals surface area contributed by atoms with Gasteiger partial charge in [0.1, 0.15) is 11.9 Å². The number of hydrogen-bond donors (Lipinski definition) is 0. The summed E-state index contributed by atoms with van der Waals surface area (Å²) in [7, 11) is -3.77. The standard InChI is InChI=1S/C19H21NO5S/c1-3-24-19(21)12-15-13-20(17-6-4-5-7-18(17)25-15)26(22,23)16-10-8-14(2)9-11-16/h4-11,15H,3,12-13H2,1-2H3. The van der Waals surface area contributed by atoms with E-state index in [1.807, 2.05) is 6.92 Å². The van der Waals surface area contributed by atoms with Crippen molar-refractivity contribution in [2.24, 2.45) is 0 Å². The molecule has 0 bridgehead atoms. The van der Waals surface area contributed by atoms with E-state index in [2.05, 4.69) is 0 Å². The molecule has 2 aromatic carbocycles. The fraction of sp³-hybridized carbons (Fsp3) is 0.316. The van der Waals surface area contributed by atoms with Crippen molar-refractivity contribution in [3.05, 3.63) is 54.1 Å². The third-order valence-corrected chi connectivity index (χ3v) is 5.90. The molecule has 0 fully saturated rings. The fourth-order valence-corrected chi connectivity index (χ4v) is 4.35. The van der Waals surface area contributed by atoms with Crippen LogP contribution in [-0.4, -0.2) is 33.6 Å². The molecule has 0 aromatic heterocycles. The second-order valence-electron chi connectivity index (χ2n) is 6.07. The van der Waals surface area contributed by atoms with E-state index in [0.29, 0.717) is 11.4 Å². The Morgan fingerprint density at radius 2 is 1.88 bits per heavy atom. The van der Waals surface area contributed by atoms with Gasteiger partial charge in [0.25, 0.3) is 10.0 Å². The quantitative estimate of drug-likeness (QED) is 0.752. The van der Waals surface area contributed by atoms with Gasteiger partial charge < -0.3 is 9.47 Å². The van der Waals surface area contributed by atoms with E-state index in [-0.39, 0.29) is 24.5 Å². The van der Waals surface area contributed by atoms with Gasteiger partial charge in [-0.1, -0.05) is 29.8 Å². The van der Waals surface area contributed by atoms with Crippen molar-refractivity contribution < 1.29 is 22.7 Å². The van der Waals surface area contributed by atoms with Gasteiger partial charge in [-0.15, -0.1) is 0 Å². The molecule has 138 valence electrons. The summed E-state index contributed by atoms with van der Waals surface area (Å²) in [4.78, 5) is 12.0. The van der Waals surface area contributed by atoms with Crippen molar-refractivity contribution >= 4 is 21.7 Å². The minimum Gasteiger partial charge on any atom is -0.486 e. The molecule has 1 aliphatic rings. The first-order valence-electron chi connectivity index (χ1n) is 8.42. The van der Waals surface area contributed by atoms with Crippen molar-refractivity contribution in [1.29, 1.82) is 0 Å². The molecule has 1 heterocycles. The summed E-state index contributed by atoms with van der Waals surface area (Å²) in [6.45, 7) is 3.94. The Kier molecular flexibility index (Phi) is 5.18. The highest BCUT2D eigenvalue weighted by Crippen LogP contribution is 2.37. The normalized spacial score (nSPS) is 16.5. The number of ether oxygens (including phenoxy) is 2. The smallest absolute Gasteiger partial charge is 0.309 e. The number of fused-ring (bicyclic) bond motifs is 1. The van der Waals surface area contributed by atoms with Crippen LogP contribution in [0.1, 0.15) is 18.9 Å². The van der Waals surface area contributed by atoms with Gasteiger partial charge in [-0.25, -0.2) is 8.42 Å². The van der Waals surface area contributed by atoms with Crippen molar-refractivity contribution in [2.45, 2.75) is 31.3 Å². The van der Waals surface area contributed by atoms with E-state index in [1.54, 1.807) is 55.5 Å². The van der Waals surface area contributed by atoms with Crippen molar-refractivity contribution in [3.8, 4) is 5.75 Å². The highest BCUT2D eigenvalue weighted by Gasteiger charge is 2.35. The average molecular weight is 375 g/mol. The summed E-state index contributed by atoms with van der Waals surface area (Å²) >= 11 is 0. The summed E-state index contributed by atoms with van der Waals surface area (Å²) in [5, 5.41) is 0. The van der Waals surface area contributed by atoms with Gasteiger partial charge in [-0.3, -0.25) is 9.10 Å². The topological polar surface area (TPSA) is 72.9 Å². The molecule has 7 heteroatoms. The maximum absolute atomic E-state index is 13.2. The molecular weight excluding hydrogens is 354 g/mol. The van der Waals surface area contributed by atoms with Crippen LogP contribution in [0.15, 0.2) is 53.4 Å². The number of aryl methyl sites for hydroxylation is 1. The number of sulfonamides is 1. The van der Waals surface area contributed by atoms with Gasteiger partial charge in [0.05, 0.1) is 30.2 Å². The minimum atomic E-state index is -3.77. The molecular formula is C19H21NO5S. The lowest BCUT2D eigenvalue weighted by Gasteiger charge is -2.35. The van der Waals surface area contributed by atoms with Crippen LogP contribution in [0.3, 0.4) is 0 Å². The molecule has 2 aromatic rings. The van der Waals surface area contributed by atoms with Crippen LogP contribution in [-0.2, 0) is 19.6 Å². The van der Waals surface area contributed by atoms with E-state index in [4.69, 9.17) is 9.47 Å². The first kappa shape index (κ1) is 18.3. The zero-order chi connectivity index (χ0) is 18.7. The Hall–Kier alpha value is -2.54. The maximum Gasteiger partial charge on any atom is 0.309 e. The molecule has 0 N–H and O–H groups in total. The van der Waals surface area contributed by atoms with E-state index < -0.39 is 22.1 Å².